The van der Waals surface area contributed by atoms with Crippen LogP contribution in [0.3, 0.4) is 0 Å². The molecule has 0 aliphatic carbocycles. The van der Waals surface area contributed by atoms with Gasteiger partial charge in [0.15, 0.2) is 6.10 Å². The van der Waals surface area contributed by atoms with Crippen molar-refractivity contribution < 1.29 is 14.6 Å². The van der Waals surface area contributed by atoms with Crippen molar-refractivity contribution in [2.75, 3.05) is 0 Å². The Balaban J connectivity index is 2.61. The molecule has 1 heterocycles. The first-order chi connectivity index (χ1) is 4.91. The Bertz CT molecular complexity index is 169. The summed E-state index contributed by atoms with van der Waals surface area (Å²) in [5, 5.41) is 9.06. The number of hydrogen-bond acceptors (Lipinski definition) is 3. The summed E-state index contributed by atoms with van der Waals surface area (Å²) in [5.74, 6) is -0.482. The van der Waals surface area contributed by atoms with E-state index in [4.69, 9.17) is 9.84 Å². The minimum Gasteiger partial charge on any atom is -0.460 e. The van der Waals surface area contributed by atoms with Crippen LogP contribution in [0.25, 0.3) is 0 Å². The molecule has 0 aromatic rings. The molecule has 1 aliphatic rings. The molecular weight excluding hydrogens is 144 g/mol. The van der Waals surface area contributed by atoms with Crippen LogP contribution in [-0.4, -0.2) is 23.3 Å². The maximum Gasteiger partial charge on any atom is 0.335 e. The van der Waals surface area contributed by atoms with Crippen molar-refractivity contribution in [2.45, 2.75) is 39.4 Å². The lowest BCUT2D eigenvalue weighted by molar-refractivity contribution is -0.150. The molecule has 11 heavy (non-hydrogen) atoms. The summed E-state index contributed by atoms with van der Waals surface area (Å²) in [5.41, 5.74) is -0.0624. The smallest absolute Gasteiger partial charge is 0.335 e. The molecule has 0 spiro atoms. The van der Waals surface area contributed by atoms with E-state index in [0.29, 0.717) is 6.42 Å². The van der Waals surface area contributed by atoms with E-state index >= 15 is 0 Å². The lowest BCUT2D eigenvalue weighted by Gasteiger charge is -2.24. The first kappa shape index (κ1) is 8.53. The summed E-state index contributed by atoms with van der Waals surface area (Å²) >= 11 is 0. The highest BCUT2D eigenvalue weighted by Gasteiger charge is 2.39. The maximum atomic E-state index is 10.8. The van der Waals surface area contributed by atoms with Crippen LogP contribution in [0.15, 0.2) is 0 Å². The molecule has 1 fully saturated rings. The maximum absolute atomic E-state index is 10.8. The van der Waals surface area contributed by atoms with Crippen LogP contribution in [0.5, 0.6) is 0 Å². The first-order valence-corrected chi connectivity index (χ1v) is 3.80. The monoisotopic (exact) mass is 158 g/mol. The quantitative estimate of drug-likeness (QED) is 0.528. The zero-order valence-corrected chi connectivity index (χ0v) is 7.13. The third-order valence-electron chi connectivity index (χ3n) is 1.93. The molecular formula is C8H14O3. The van der Waals surface area contributed by atoms with Crippen LogP contribution in [0.4, 0.5) is 0 Å². The summed E-state index contributed by atoms with van der Waals surface area (Å²) in [6, 6.07) is 0. The van der Waals surface area contributed by atoms with E-state index in [9.17, 15) is 4.79 Å². The molecule has 1 saturated heterocycles. The molecule has 3 heteroatoms. The van der Waals surface area contributed by atoms with Crippen molar-refractivity contribution >= 4 is 5.97 Å². The number of aliphatic hydroxyl groups excluding tert-OH is 1. The Morgan fingerprint density at radius 1 is 1.55 bits per heavy atom. The molecule has 64 valence electrons. The van der Waals surface area contributed by atoms with Gasteiger partial charge in [0.1, 0.15) is 6.10 Å². The van der Waals surface area contributed by atoms with E-state index in [-0.39, 0.29) is 11.5 Å². The van der Waals surface area contributed by atoms with Gasteiger partial charge in [-0.1, -0.05) is 20.8 Å². The molecule has 0 radical (unpaired) electrons. The van der Waals surface area contributed by atoms with Gasteiger partial charge in [-0.2, -0.15) is 0 Å². The van der Waals surface area contributed by atoms with Gasteiger partial charge in [0.05, 0.1) is 0 Å². The average Bonchev–Trinajstić information content (AvgIpc) is 2.11. The zero-order valence-electron chi connectivity index (χ0n) is 7.13. The number of aliphatic hydroxyl groups is 1. The van der Waals surface area contributed by atoms with E-state index in [1.807, 2.05) is 20.8 Å². The fraction of sp³-hybridized carbons (Fsp3) is 0.875. The van der Waals surface area contributed by atoms with Crippen LogP contribution in [0.1, 0.15) is 27.2 Å². The summed E-state index contributed by atoms with van der Waals surface area (Å²) in [4.78, 5) is 10.8. The fourth-order valence-electron chi connectivity index (χ4n) is 1.10. The molecule has 3 nitrogen and oxygen atoms in total. The number of cyclic esters (lactones) is 1. The molecule has 0 saturated carbocycles. The predicted molar refractivity (Wildman–Crippen MR) is 40.0 cm³/mol. The minimum absolute atomic E-state index is 0.0624. The van der Waals surface area contributed by atoms with E-state index in [1.165, 1.54) is 0 Å². The Morgan fingerprint density at radius 2 is 2.09 bits per heavy atom. The predicted octanol–water partition coefficient (Wildman–Crippen LogP) is 0.709. The Kier molecular flexibility index (Phi) is 1.92. The molecule has 1 aliphatic heterocycles. The molecule has 0 unspecified atom stereocenters. The number of hydrogen-bond donors (Lipinski definition) is 1. The van der Waals surface area contributed by atoms with Gasteiger partial charge in [-0.05, 0) is 5.41 Å². The second-order valence-corrected chi connectivity index (χ2v) is 4.04. The van der Waals surface area contributed by atoms with Crippen molar-refractivity contribution in [2.24, 2.45) is 5.41 Å². The van der Waals surface area contributed by atoms with E-state index in [2.05, 4.69) is 0 Å². The molecule has 0 bridgehead atoms. The van der Waals surface area contributed by atoms with E-state index in [0.717, 1.165) is 0 Å². The van der Waals surface area contributed by atoms with Crippen LogP contribution in [0, 0.1) is 5.41 Å². The number of esters is 1. The van der Waals surface area contributed by atoms with E-state index < -0.39 is 12.1 Å². The van der Waals surface area contributed by atoms with Crippen molar-refractivity contribution in [3.63, 3.8) is 0 Å². The van der Waals surface area contributed by atoms with Crippen LogP contribution in [-0.2, 0) is 9.53 Å². The molecule has 0 amide bonds. The molecule has 1 rings (SSSR count). The van der Waals surface area contributed by atoms with Gasteiger partial charge in [0.25, 0.3) is 0 Å². The van der Waals surface area contributed by atoms with Crippen molar-refractivity contribution in [3.05, 3.63) is 0 Å². The highest BCUT2D eigenvalue weighted by molar-refractivity contribution is 5.76. The second kappa shape index (κ2) is 2.48. The van der Waals surface area contributed by atoms with Gasteiger partial charge in [-0.25, -0.2) is 4.79 Å². The average molecular weight is 158 g/mol. The normalized spacial score (nSPS) is 32.2. The molecule has 1 N–H and O–H groups in total. The van der Waals surface area contributed by atoms with Gasteiger partial charge in [0, 0.05) is 6.42 Å². The zero-order chi connectivity index (χ0) is 8.65. The number of rotatable bonds is 0. The Morgan fingerprint density at radius 3 is 2.27 bits per heavy atom. The van der Waals surface area contributed by atoms with Crippen LogP contribution in [0.2, 0.25) is 0 Å². The number of carbonyl (C=O) groups excluding carboxylic acids is 1. The molecule has 0 aromatic heterocycles. The topological polar surface area (TPSA) is 46.5 Å². The molecule has 2 atom stereocenters. The van der Waals surface area contributed by atoms with Gasteiger partial charge < -0.3 is 9.84 Å². The van der Waals surface area contributed by atoms with Gasteiger partial charge in [0.2, 0.25) is 0 Å². The van der Waals surface area contributed by atoms with Crippen molar-refractivity contribution in [1.82, 2.24) is 0 Å². The number of ether oxygens (including phenoxy) is 1. The Labute approximate surface area is 66.4 Å². The summed E-state index contributed by atoms with van der Waals surface area (Å²) in [6.07, 6.45) is -0.605. The minimum atomic E-state index is -0.903. The third-order valence-corrected chi connectivity index (χ3v) is 1.93. The van der Waals surface area contributed by atoms with Crippen molar-refractivity contribution in [3.8, 4) is 0 Å². The van der Waals surface area contributed by atoms with Gasteiger partial charge >= 0.3 is 5.97 Å². The van der Waals surface area contributed by atoms with Gasteiger partial charge in [-0.15, -0.1) is 0 Å². The van der Waals surface area contributed by atoms with Crippen molar-refractivity contribution in [1.29, 1.82) is 0 Å². The first-order valence-electron chi connectivity index (χ1n) is 3.80. The lowest BCUT2D eigenvalue weighted by Crippen LogP contribution is -2.25. The largest absolute Gasteiger partial charge is 0.460 e. The highest BCUT2D eigenvalue weighted by atomic mass is 16.6. The van der Waals surface area contributed by atoms with Crippen LogP contribution >= 0.6 is 0 Å². The standard InChI is InChI=1S/C8H14O3/c1-8(2,3)6-4-5(9)7(10)11-6/h5-6,9H,4H2,1-3H3/t5-,6-/m1/s1. The highest BCUT2D eigenvalue weighted by Crippen LogP contribution is 2.30. The van der Waals surface area contributed by atoms with Gasteiger partial charge in [-0.3, -0.25) is 0 Å². The summed E-state index contributed by atoms with van der Waals surface area (Å²) < 4.78 is 4.95. The summed E-state index contributed by atoms with van der Waals surface area (Å²) in [6.45, 7) is 5.97. The summed E-state index contributed by atoms with van der Waals surface area (Å²) in [7, 11) is 0. The van der Waals surface area contributed by atoms with E-state index in [1.54, 1.807) is 0 Å². The third kappa shape index (κ3) is 1.71. The lowest BCUT2D eigenvalue weighted by atomic mass is 9.87. The molecule has 0 aromatic carbocycles. The Hall–Kier alpha value is -0.570. The fourth-order valence-corrected chi connectivity index (χ4v) is 1.10. The van der Waals surface area contributed by atoms with Crippen LogP contribution < -0.4 is 0 Å². The number of carbonyl (C=O) groups is 1. The second-order valence-electron chi connectivity index (χ2n) is 4.04. The SMILES string of the molecule is CC(C)(C)[C@H]1C[C@@H](O)C(=O)O1.